The lowest BCUT2D eigenvalue weighted by Crippen LogP contribution is -2.24. The van der Waals surface area contributed by atoms with E-state index >= 15 is 0 Å². The predicted molar refractivity (Wildman–Crippen MR) is 63.5 cm³/mol. The number of carbonyl (C=O) groups is 1. The molecule has 0 saturated heterocycles. The second-order valence-electron chi connectivity index (χ2n) is 3.09. The van der Waals surface area contributed by atoms with Crippen molar-refractivity contribution in [1.82, 2.24) is 5.32 Å². The predicted octanol–water partition coefficient (Wildman–Crippen LogP) is 2.19. The lowest BCUT2D eigenvalue weighted by atomic mass is 10.2. The molecule has 0 aromatic heterocycles. The highest BCUT2D eigenvalue weighted by atomic mass is 35.5. The molecule has 1 aromatic rings. The van der Waals surface area contributed by atoms with Crippen molar-refractivity contribution in [1.29, 1.82) is 0 Å². The summed E-state index contributed by atoms with van der Waals surface area (Å²) in [5, 5.41) is 12.5. The maximum absolute atomic E-state index is 11.6. The maximum Gasteiger partial charge on any atom is 0.255 e. The van der Waals surface area contributed by atoms with Gasteiger partial charge in [-0.3, -0.25) is 4.79 Å². The number of carbonyl (C=O) groups excluding carboxylic acids is 1. The highest BCUT2D eigenvalue weighted by Gasteiger charge is 2.10. The van der Waals surface area contributed by atoms with Crippen molar-refractivity contribution in [2.24, 2.45) is 0 Å². The van der Waals surface area contributed by atoms with Gasteiger partial charge in [0.25, 0.3) is 5.91 Å². The van der Waals surface area contributed by atoms with E-state index in [1.807, 2.05) is 0 Å². The Bertz CT molecular complexity index is 446. The molecular formula is C12H12ClNO2. The molecule has 2 N–H and O–H groups in total. The van der Waals surface area contributed by atoms with Crippen molar-refractivity contribution >= 4 is 17.5 Å². The van der Waals surface area contributed by atoms with E-state index in [0.29, 0.717) is 18.0 Å². The van der Waals surface area contributed by atoms with Crippen LogP contribution in [0.1, 0.15) is 23.7 Å². The van der Waals surface area contributed by atoms with Crippen LogP contribution in [-0.2, 0) is 0 Å². The smallest absolute Gasteiger partial charge is 0.255 e. The number of rotatable bonds is 3. The summed E-state index contributed by atoms with van der Waals surface area (Å²) >= 11 is 5.73. The molecular weight excluding hydrogens is 226 g/mol. The van der Waals surface area contributed by atoms with Crippen molar-refractivity contribution < 1.29 is 9.90 Å². The molecule has 0 spiro atoms. The van der Waals surface area contributed by atoms with Gasteiger partial charge in [-0.1, -0.05) is 11.6 Å². The van der Waals surface area contributed by atoms with Gasteiger partial charge >= 0.3 is 0 Å². The zero-order chi connectivity index (χ0) is 12.0. The van der Waals surface area contributed by atoms with Gasteiger partial charge in [-0.2, -0.15) is 0 Å². The van der Waals surface area contributed by atoms with Crippen molar-refractivity contribution in [2.45, 2.75) is 13.3 Å². The summed E-state index contributed by atoms with van der Waals surface area (Å²) < 4.78 is 0. The molecule has 16 heavy (non-hydrogen) atoms. The van der Waals surface area contributed by atoms with Crippen LogP contribution in [0.4, 0.5) is 0 Å². The number of halogens is 1. The fraction of sp³-hybridized carbons (Fsp3) is 0.250. The molecule has 4 heteroatoms. The summed E-state index contributed by atoms with van der Waals surface area (Å²) in [6.45, 7) is 2.19. The van der Waals surface area contributed by atoms with Crippen LogP contribution in [0, 0.1) is 11.8 Å². The van der Waals surface area contributed by atoms with Crippen LogP contribution < -0.4 is 5.32 Å². The standard InChI is InChI=1S/C12H12ClNO2/c1-2-3-4-7-14-12(16)10-8-9(13)5-6-11(10)15/h5-6,8,15H,4,7H2,1H3,(H,14,16). The maximum atomic E-state index is 11.6. The number of aromatic hydroxyl groups is 1. The summed E-state index contributed by atoms with van der Waals surface area (Å²) in [6, 6.07) is 4.34. The minimum atomic E-state index is -0.349. The Morgan fingerprint density at radius 2 is 2.31 bits per heavy atom. The molecule has 0 fully saturated rings. The van der Waals surface area contributed by atoms with Crippen molar-refractivity contribution in [3.05, 3.63) is 28.8 Å². The zero-order valence-electron chi connectivity index (χ0n) is 8.88. The third-order valence-electron chi connectivity index (χ3n) is 1.92. The first-order chi connectivity index (χ1) is 7.65. The third-order valence-corrected chi connectivity index (χ3v) is 2.15. The molecule has 0 atom stereocenters. The van der Waals surface area contributed by atoms with E-state index < -0.39 is 0 Å². The average molecular weight is 238 g/mol. The second-order valence-corrected chi connectivity index (χ2v) is 3.53. The van der Waals surface area contributed by atoms with Crippen LogP contribution in [0.15, 0.2) is 18.2 Å². The fourth-order valence-electron chi connectivity index (χ4n) is 1.15. The van der Waals surface area contributed by atoms with Crippen LogP contribution in [-0.4, -0.2) is 17.6 Å². The Kier molecular flexibility index (Phi) is 4.68. The quantitative estimate of drug-likeness (QED) is 0.626. The molecule has 0 aliphatic heterocycles. The summed E-state index contributed by atoms with van der Waals surface area (Å²) in [4.78, 5) is 11.6. The average Bonchev–Trinajstić information content (AvgIpc) is 2.27. The van der Waals surface area contributed by atoms with Crippen LogP contribution in [0.25, 0.3) is 0 Å². The minimum absolute atomic E-state index is 0.0801. The van der Waals surface area contributed by atoms with Crippen molar-refractivity contribution in [2.75, 3.05) is 6.54 Å². The number of phenols is 1. The zero-order valence-corrected chi connectivity index (χ0v) is 9.64. The van der Waals surface area contributed by atoms with E-state index in [1.165, 1.54) is 18.2 Å². The Labute approximate surface area is 99.4 Å². The molecule has 0 bridgehead atoms. The Hall–Kier alpha value is -1.66. The van der Waals surface area contributed by atoms with Gasteiger partial charge in [0.05, 0.1) is 5.56 Å². The minimum Gasteiger partial charge on any atom is -0.507 e. The number of nitrogens with one attached hydrogen (secondary N) is 1. The molecule has 84 valence electrons. The van der Waals surface area contributed by atoms with Gasteiger partial charge in [0.15, 0.2) is 0 Å². The van der Waals surface area contributed by atoms with Crippen molar-refractivity contribution in [3.63, 3.8) is 0 Å². The van der Waals surface area contributed by atoms with Gasteiger partial charge < -0.3 is 10.4 Å². The van der Waals surface area contributed by atoms with E-state index in [2.05, 4.69) is 17.2 Å². The van der Waals surface area contributed by atoms with Crippen LogP contribution in [0.2, 0.25) is 5.02 Å². The normalized spacial score (nSPS) is 9.12. The van der Waals surface area contributed by atoms with Gasteiger partial charge in [-0.15, -0.1) is 11.8 Å². The van der Waals surface area contributed by atoms with Crippen molar-refractivity contribution in [3.8, 4) is 17.6 Å². The number of benzene rings is 1. The first-order valence-corrected chi connectivity index (χ1v) is 5.19. The fourth-order valence-corrected chi connectivity index (χ4v) is 1.32. The Morgan fingerprint density at radius 3 is 3.00 bits per heavy atom. The summed E-state index contributed by atoms with van der Waals surface area (Å²) in [5.41, 5.74) is 0.178. The first-order valence-electron chi connectivity index (χ1n) is 4.81. The van der Waals surface area contributed by atoms with Crippen LogP contribution in [0.3, 0.4) is 0 Å². The molecule has 0 saturated carbocycles. The number of hydrogen-bond donors (Lipinski definition) is 2. The molecule has 1 aromatic carbocycles. The van der Waals surface area contributed by atoms with Crippen LogP contribution in [0.5, 0.6) is 5.75 Å². The highest BCUT2D eigenvalue weighted by Crippen LogP contribution is 2.21. The van der Waals surface area contributed by atoms with Gasteiger partial charge in [0.2, 0.25) is 0 Å². The molecule has 0 unspecified atom stereocenters. The van der Waals surface area contributed by atoms with Gasteiger partial charge in [-0.05, 0) is 25.1 Å². The van der Waals surface area contributed by atoms with E-state index in [9.17, 15) is 9.90 Å². The Balaban J connectivity index is 2.64. The van der Waals surface area contributed by atoms with Gasteiger partial charge in [0.1, 0.15) is 5.75 Å². The van der Waals surface area contributed by atoms with Crippen LogP contribution >= 0.6 is 11.6 Å². The molecule has 0 radical (unpaired) electrons. The summed E-state index contributed by atoms with van der Waals surface area (Å²) in [6.07, 6.45) is 0.587. The molecule has 3 nitrogen and oxygen atoms in total. The lowest BCUT2D eigenvalue weighted by molar-refractivity contribution is 0.0952. The summed E-state index contributed by atoms with van der Waals surface area (Å²) in [5.74, 6) is 5.13. The van der Waals surface area contributed by atoms with E-state index in [0.717, 1.165) is 0 Å². The van der Waals surface area contributed by atoms with E-state index in [4.69, 9.17) is 11.6 Å². The highest BCUT2D eigenvalue weighted by molar-refractivity contribution is 6.31. The van der Waals surface area contributed by atoms with Gasteiger partial charge in [0, 0.05) is 18.0 Å². The van der Waals surface area contributed by atoms with E-state index in [1.54, 1.807) is 6.92 Å². The largest absolute Gasteiger partial charge is 0.507 e. The molecule has 1 rings (SSSR count). The SMILES string of the molecule is CC#CCCNC(=O)c1cc(Cl)ccc1O. The number of phenolic OH excluding ortho intramolecular Hbond substituents is 1. The Morgan fingerprint density at radius 1 is 1.56 bits per heavy atom. The monoisotopic (exact) mass is 237 g/mol. The molecule has 0 aliphatic carbocycles. The second kappa shape index (κ2) is 6.04. The summed E-state index contributed by atoms with van der Waals surface area (Å²) in [7, 11) is 0. The topological polar surface area (TPSA) is 49.3 Å². The molecule has 0 heterocycles. The van der Waals surface area contributed by atoms with Gasteiger partial charge in [-0.25, -0.2) is 0 Å². The molecule has 0 aliphatic rings. The third kappa shape index (κ3) is 3.48. The molecule has 1 amide bonds. The van der Waals surface area contributed by atoms with E-state index in [-0.39, 0.29) is 17.2 Å². The number of amides is 1. The first kappa shape index (κ1) is 12.4. The lowest BCUT2D eigenvalue weighted by Gasteiger charge is -2.05. The number of hydrogen-bond acceptors (Lipinski definition) is 2.